The van der Waals surface area contributed by atoms with Gasteiger partial charge >= 0.3 is 0 Å². The molecule has 0 radical (unpaired) electrons. The smallest absolute Gasteiger partial charge is 0.159 e. The van der Waals surface area contributed by atoms with Gasteiger partial charge in [-0.3, -0.25) is 9.59 Å². The third-order valence-electron chi connectivity index (χ3n) is 11.0. The van der Waals surface area contributed by atoms with Crippen molar-refractivity contribution in [3.63, 3.8) is 0 Å². The lowest BCUT2D eigenvalue weighted by Crippen LogP contribution is -2.54. The zero-order valence-electron chi connectivity index (χ0n) is 21.0. The first kappa shape index (κ1) is 23.2. The Morgan fingerprint density at radius 3 is 2.35 bits per heavy atom. The van der Waals surface area contributed by atoms with E-state index in [1.807, 2.05) is 0 Å². The summed E-state index contributed by atoms with van der Waals surface area (Å²) in [5.41, 5.74) is 1.14. The van der Waals surface area contributed by atoms with Gasteiger partial charge in [0.2, 0.25) is 0 Å². The van der Waals surface area contributed by atoms with Gasteiger partial charge in [-0.15, -0.1) is 0 Å². The number of allylic oxidation sites excluding steroid dienone is 1. The molecule has 8 atom stereocenters. The lowest BCUT2D eigenvalue weighted by molar-refractivity contribution is -0.134. The van der Waals surface area contributed by atoms with Crippen molar-refractivity contribution in [2.24, 2.45) is 52.3 Å². The second-order valence-corrected chi connectivity index (χ2v) is 12.6. The second-order valence-electron chi connectivity index (χ2n) is 12.6. The molecule has 0 N–H and O–H groups in total. The van der Waals surface area contributed by atoms with Crippen LogP contribution < -0.4 is 0 Å². The number of rotatable bonds is 6. The molecule has 4 aliphatic carbocycles. The number of Topliss-reactive ketones (excluding diaryl/α,β-unsaturated/α-hetero) is 1. The summed E-state index contributed by atoms with van der Waals surface area (Å²) in [5, 5.41) is 0. The SMILES string of the molecule is CCC(CCC(C)C1CCC2(C)C1CCC1C2CC(=O)C2=CC(=O)CCC21C)C(C)C. The van der Waals surface area contributed by atoms with Crippen molar-refractivity contribution in [1.29, 1.82) is 0 Å². The Morgan fingerprint density at radius 2 is 1.68 bits per heavy atom. The van der Waals surface area contributed by atoms with Crippen molar-refractivity contribution in [1.82, 2.24) is 0 Å². The van der Waals surface area contributed by atoms with Gasteiger partial charge in [0, 0.05) is 18.4 Å². The van der Waals surface area contributed by atoms with E-state index in [1.165, 1.54) is 44.9 Å². The molecule has 0 aliphatic heterocycles. The Hall–Kier alpha value is -0.920. The van der Waals surface area contributed by atoms with Gasteiger partial charge < -0.3 is 0 Å². The lowest BCUT2D eigenvalue weighted by atomic mass is 9.45. The molecule has 0 spiro atoms. The number of ketones is 2. The summed E-state index contributed by atoms with van der Waals surface area (Å²) in [6.07, 6.45) is 13.2. The van der Waals surface area contributed by atoms with Gasteiger partial charge in [0.25, 0.3) is 0 Å². The molecule has 174 valence electrons. The van der Waals surface area contributed by atoms with Gasteiger partial charge in [0.15, 0.2) is 11.6 Å². The number of carbonyl (C=O) groups excluding carboxylic acids is 2. The molecule has 0 aromatic carbocycles. The van der Waals surface area contributed by atoms with Crippen molar-refractivity contribution in [3.8, 4) is 0 Å². The summed E-state index contributed by atoms with van der Waals surface area (Å²) in [6, 6.07) is 0. The number of carbonyl (C=O) groups is 2. The molecule has 0 amide bonds. The summed E-state index contributed by atoms with van der Waals surface area (Å²) in [6.45, 7) is 14.5. The van der Waals surface area contributed by atoms with Gasteiger partial charge in [0.05, 0.1) is 0 Å². The molecule has 31 heavy (non-hydrogen) atoms. The molecule has 0 saturated heterocycles. The van der Waals surface area contributed by atoms with Crippen LogP contribution in [0, 0.1) is 52.3 Å². The van der Waals surface area contributed by atoms with Crippen molar-refractivity contribution in [3.05, 3.63) is 11.6 Å². The maximum atomic E-state index is 13.2. The summed E-state index contributed by atoms with van der Waals surface area (Å²) in [5.74, 6) is 5.64. The highest BCUT2D eigenvalue weighted by atomic mass is 16.1. The highest BCUT2D eigenvalue weighted by molar-refractivity contribution is 6.05. The van der Waals surface area contributed by atoms with Crippen molar-refractivity contribution < 1.29 is 9.59 Å². The molecule has 8 unspecified atom stereocenters. The van der Waals surface area contributed by atoms with E-state index in [4.69, 9.17) is 0 Å². The van der Waals surface area contributed by atoms with Crippen molar-refractivity contribution in [2.75, 3.05) is 0 Å². The summed E-state index contributed by atoms with van der Waals surface area (Å²) in [4.78, 5) is 25.3. The van der Waals surface area contributed by atoms with Gasteiger partial charge in [-0.2, -0.15) is 0 Å². The van der Waals surface area contributed by atoms with E-state index in [0.717, 1.165) is 41.6 Å². The Bertz CT molecular complexity index is 748. The van der Waals surface area contributed by atoms with E-state index in [-0.39, 0.29) is 17.0 Å². The molecule has 4 rings (SSSR count). The van der Waals surface area contributed by atoms with E-state index in [0.29, 0.717) is 30.1 Å². The van der Waals surface area contributed by atoms with Crippen LogP contribution in [0.3, 0.4) is 0 Å². The molecule has 3 fully saturated rings. The molecular formula is C29H46O2. The van der Waals surface area contributed by atoms with Crippen molar-refractivity contribution >= 4 is 11.6 Å². The van der Waals surface area contributed by atoms with Crippen LogP contribution in [0.15, 0.2) is 11.6 Å². The Balaban J connectivity index is 1.52. The van der Waals surface area contributed by atoms with Crippen LogP contribution in [0.4, 0.5) is 0 Å². The van der Waals surface area contributed by atoms with Crippen LogP contribution in [-0.2, 0) is 9.59 Å². The van der Waals surface area contributed by atoms with Gasteiger partial charge in [-0.25, -0.2) is 0 Å². The van der Waals surface area contributed by atoms with Gasteiger partial charge in [-0.05, 0) is 96.9 Å². The molecule has 0 aromatic heterocycles. The zero-order valence-corrected chi connectivity index (χ0v) is 21.0. The highest BCUT2D eigenvalue weighted by Crippen LogP contribution is 2.67. The molecule has 3 saturated carbocycles. The predicted octanol–water partition coefficient (Wildman–Crippen LogP) is 7.41. The lowest BCUT2D eigenvalue weighted by Gasteiger charge is -2.58. The van der Waals surface area contributed by atoms with Crippen LogP contribution in [0.25, 0.3) is 0 Å². The fourth-order valence-electron chi connectivity index (χ4n) is 8.91. The molecule has 0 heterocycles. The average Bonchev–Trinajstić information content (AvgIpc) is 3.07. The Kier molecular flexibility index (Phi) is 6.34. The van der Waals surface area contributed by atoms with Crippen LogP contribution in [0.2, 0.25) is 0 Å². The van der Waals surface area contributed by atoms with Crippen LogP contribution in [-0.4, -0.2) is 11.6 Å². The van der Waals surface area contributed by atoms with E-state index in [9.17, 15) is 9.59 Å². The minimum Gasteiger partial charge on any atom is -0.295 e. The molecule has 0 bridgehead atoms. The monoisotopic (exact) mass is 426 g/mol. The maximum absolute atomic E-state index is 13.2. The molecular weight excluding hydrogens is 380 g/mol. The van der Waals surface area contributed by atoms with Crippen molar-refractivity contribution in [2.45, 2.75) is 106 Å². The number of hydrogen-bond donors (Lipinski definition) is 0. The summed E-state index contributed by atoms with van der Waals surface area (Å²) in [7, 11) is 0. The zero-order chi connectivity index (χ0) is 22.6. The highest BCUT2D eigenvalue weighted by Gasteiger charge is 2.61. The van der Waals surface area contributed by atoms with Crippen LogP contribution in [0.5, 0.6) is 0 Å². The van der Waals surface area contributed by atoms with Crippen LogP contribution in [0.1, 0.15) is 106 Å². The minimum absolute atomic E-state index is 0.0583. The normalized spacial score (nSPS) is 42.0. The quantitative estimate of drug-likeness (QED) is 0.443. The Labute approximate surface area is 191 Å². The first-order valence-electron chi connectivity index (χ1n) is 13.4. The molecule has 2 heteroatoms. The molecule has 2 nitrogen and oxygen atoms in total. The average molecular weight is 427 g/mol. The van der Waals surface area contributed by atoms with Gasteiger partial charge in [0.1, 0.15) is 0 Å². The van der Waals surface area contributed by atoms with E-state index in [2.05, 4.69) is 41.5 Å². The number of hydrogen-bond acceptors (Lipinski definition) is 2. The van der Waals surface area contributed by atoms with Crippen LogP contribution >= 0.6 is 0 Å². The fourth-order valence-corrected chi connectivity index (χ4v) is 8.91. The third kappa shape index (κ3) is 3.78. The number of fused-ring (bicyclic) bond motifs is 5. The Morgan fingerprint density at radius 1 is 0.968 bits per heavy atom. The first-order valence-corrected chi connectivity index (χ1v) is 13.4. The molecule has 4 aliphatic rings. The third-order valence-corrected chi connectivity index (χ3v) is 11.0. The van der Waals surface area contributed by atoms with E-state index in [1.54, 1.807) is 6.08 Å². The molecule has 0 aromatic rings. The van der Waals surface area contributed by atoms with E-state index < -0.39 is 0 Å². The minimum atomic E-state index is -0.0583. The van der Waals surface area contributed by atoms with E-state index >= 15 is 0 Å². The standard InChI is InChI=1S/C29H46O2/c1-7-20(18(2)3)9-8-19(4)22-13-15-28(5)23(22)10-11-24-25(28)17-27(31)26-16-21(30)12-14-29(24,26)6/h16,18-20,22-25H,7-15,17H2,1-6H3. The maximum Gasteiger partial charge on any atom is 0.159 e. The second kappa shape index (κ2) is 8.45. The summed E-state index contributed by atoms with van der Waals surface area (Å²) < 4.78 is 0. The fraction of sp³-hybridized carbons (Fsp3) is 0.862. The predicted molar refractivity (Wildman–Crippen MR) is 128 cm³/mol. The van der Waals surface area contributed by atoms with Gasteiger partial charge in [-0.1, -0.05) is 54.4 Å². The first-order chi connectivity index (χ1) is 14.6. The topological polar surface area (TPSA) is 34.1 Å². The largest absolute Gasteiger partial charge is 0.295 e. The summed E-state index contributed by atoms with van der Waals surface area (Å²) >= 11 is 0.